The minimum absolute atomic E-state index is 0.848. The smallest absolute Gasteiger partial charge is 0.160 e. The molecule has 5 rings (SSSR count). The number of ether oxygens (including phenoxy) is 1. The number of fused-ring (bicyclic) bond motifs is 4. The zero-order valence-electron chi connectivity index (χ0n) is 14.6. The zero-order chi connectivity index (χ0) is 16.6. The van der Waals surface area contributed by atoms with E-state index in [4.69, 9.17) is 14.7 Å². The van der Waals surface area contributed by atoms with Crippen LogP contribution in [0.3, 0.4) is 0 Å². The third-order valence-electron chi connectivity index (χ3n) is 5.56. The number of benzene rings is 1. The minimum Gasteiger partial charge on any atom is -0.379 e. The lowest BCUT2D eigenvalue weighted by Gasteiger charge is -2.26. The van der Waals surface area contributed by atoms with E-state index in [1.165, 1.54) is 35.1 Å². The van der Waals surface area contributed by atoms with Crippen LogP contribution >= 0.6 is 0 Å². The number of rotatable bonds is 3. The first-order valence-corrected chi connectivity index (χ1v) is 9.47. The van der Waals surface area contributed by atoms with Crippen LogP contribution in [-0.4, -0.2) is 52.3 Å². The number of aryl methyl sites for hydroxylation is 2. The molecule has 1 fully saturated rings. The van der Waals surface area contributed by atoms with E-state index in [9.17, 15) is 0 Å². The van der Waals surface area contributed by atoms with Crippen LogP contribution in [0.15, 0.2) is 24.3 Å². The second kappa shape index (κ2) is 6.39. The van der Waals surface area contributed by atoms with Gasteiger partial charge in [0, 0.05) is 31.6 Å². The molecular formula is C20H24N4O. The molecule has 0 spiro atoms. The molecule has 0 bridgehead atoms. The number of nitrogens with zero attached hydrogens (tertiary/aromatic N) is 4. The van der Waals surface area contributed by atoms with Gasteiger partial charge in [-0.25, -0.2) is 9.97 Å². The van der Waals surface area contributed by atoms with Crippen LogP contribution in [0.4, 0.5) is 0 Å². The van der Waals surface area contributed by atoms with Gasteiger partial charge in [-0.1, -0.05) is 18.2 Å². The fourth-order valence-electron chi connectivity index (χ4n) is 4.16. The third kappa shape index (κ3) is 2.71. The second-order valence-corrected chi connectivity index (χ2v) is 7.12. The Kier molecular flexibility index (Phi) is 3.91. The van der Waals surface area contributed by atoms with E-state index in [0.29, 0.717) is 0 Å². The van der Waals surface area contributed by atoms with Gasteiger partial charge in [-0.05, 0) is 31.7 Å². The largest absolute Gasteiger partial charge is 0.379 e. The molecule has 1 aromatic carbocycles. The van der Waals surface area contributed by atoms with E-state index in [1.54, 1.807) is 0 Å². The zero-order valence-corrected chi connectivity index (χ0v) is 14.6. The molecule has 0 unspecified atom stereocenters. The highest BCUT2D eigenvalue weighted by atomic mass is 16.5. The van der Waals surface area contributed by atoms with Crippen molar-refractivity contribution in [3.05, 3.63) is 35.7 Å². The van der Waals surface area contributed by atoms with Crippen LogP contribution in [0.25, 0.3) is 22.1 Å². The van der Waals surface area contributed by atoms with Crippen LogP contribution in [0, 0.1) is 0 Å². The van der Waals surface area contributed by atoms with Gasteiger partial charge in [0.2, 0.25) is 0 Å². The maximum Gasteiger partial charge on any atom is 0.160 e. The van der Waals surface area contributed by atoms with Crippen LogP contribution in [0.1, 0.15) is 24.2 Å². The Balaban J connectivity index is 1.59. The molecule has 0 atom stereocenters. The molecule has 0 N–H and O–H groups in total. The number of aromatic nitrogens is 3. The van der Waals surface area contributed by atoms with Crippen LogP contribution in [-0.2, 0) is 24.1 Å². The average molecular weight is 336 g/mol. The molecule has 130 valence electrons. The maximum atomic E-state index is 5.47. The fraction of sp³-hybridized carbons (Fsp3) is 0.500. The summed E-state index contributed by atoms with van der Waals surface area (Å²) in [6.45, 7) is 5.74. The number of hydrogen-bond acceptors (Lipinski definition) is 4. The lowest BCUT2D eigenvalue weighted by atomic mass is 10.0. The van der Waals surface area contributed by atoms with E-state index in [1.807, 2.05) is 0 Å². The Morgan fingerprint density at radius 3 is 2.52 bits per heavy atom. The molecule has 2 aromatic heterocycles. The summed E-state index contributed by atoms with van der Waals surface area (Å²) >= 11 is 0. The normalized spacial score (nSPS) is 18.7. The van der Waals surface area contributed by atoms with Crippen molar-refractivity contribution in [2.75, 3.05) is 32.8 Å². The van der Waals surface area contributed by atoms with Crippen molar-refractivity contribution >= 4 is 22.1 Å². The average Bonchev–Trinajstić information content (AvgIpc) is 2.98. The fourth-order valence-corrected chi connectivity index (χ4v) is 4.16. The molecule has 25 heavy (non-hydrogen) atoms. The summed E-state index contributed by atoms with van der Waals surface area (Å²) < 4.78 is 7.85. The summed E-state index contributed by atoms with van der Waals surface area (Å²) in [6.07, 6.45) is 4.62. The SMILES string of the molecule is c1ccc2c(c1)c1nc3c(nc1n2CCN1CCOCC1)CCCC3. The number of morpholine rings is 1. The third-order valence-corrected chi connectivity index (χ3v) is 5.56. The number of para-hydroxylation sites is 1. The van der Waals surface area contributed by atoms with Crippen molar-refractivity contribution < 1.29 is 4.74 Å². The summed E-state index contributed by atoms with van der Waals surface area (Å²) in [4.78, 5) is 12.6. The van der Waals surface area contributed by atoms with E-state index in [-0.39, 0.29) is 0 Å². The summed E-state index contributed by atoms with van der Waals surface area (Å²) in [5, 5.41) is 1.24. The predicted molar refractivity (Wildman–Crippen MR) is 98.9 cm³/mol. The quantitative estimate of drug-likeness (QED) is 0.738. The van der Waals surface area contributed by atoms with Crippen molar-refractivity contribution in [1.82, 2.24) is 19.4 Å². The molecule has 1 aliphatic carbocycles. The van der Waals surface area contributed by atoms with E-state index >= 15 is 0 Å². The van der Waals surface area contributed by atoms with Gasteiger partial charge in [0.1, 0.15) is 5.52 Å². The van der Waals surface area contributed by atoms with Crippen molar-refractivity contribution in [3.8, 4) is 0 Å². The molecule has 1 aliphatic heterocycles. The second-order valence-electron chi connectivity index (χ2n) is 7.12. The topological polar surface area (TPSA) is 43.2 Å². The van der Waals surface area contributed by atoms with Gasteiger partial charge in [0.05, 0.1) is 30.1 Å². The number of hydrogen-bond donors (Lipinski definition) is 0. The predicted octanol–water partition coefficient (Wildman–Crippen LogP) is 2.80. The van der Waals surface area contributed by atoms with Crippen LogP contribution < -0.4 is 0 Å². The molecule has 2 aliphatic rings. The van der Waals surface area contributed by atoms with E-state index < -0.39 is 0 Å². The van der Waals surface area contributed by atoms with Gasteiger partial charge in [-0.15, -0.1) is 0 Å². The Morgan fingerprint density at radius 2 is 1.68 bits per heavy atom. The highest BCUT2D eigenvalue weighted by Crippen LogP contribution is 2.29. The molecule has 1 saturated heterocycles. The van der Waals surface area contributed by atoms with E-state index in [0.717, 1.165) is 63.4 Å². The summed E-state index contributed by atoms with van der Waals surface area (Å²) in [6, 6.07) is 8.62. The lowest BCUT2D eigenvalue weighted by molar-refractivity contribution is 0.0366. The van der Waals surface area contributed by atoms with Crippen molar-refractivity contribution in [1.29, 1.82) is 0 Å². The first-order valence-electron chi connectivity index (χ1n) is 9.47. The van der Waals surface area contributed by atoms with Gasteiger partial charge in [0.15, 0.2) is 5.65 Å². The van der Waals surface area contributed by atoms with Gasteiger partial charge in [-0.2, -0.15) is 0 Å². The van der Waals surface area contributed by atoms with Crippen LogP contribution in [0.5, 0.6) is 0 Å². The molecule has 0 amide bonds. The lowest BCUT2D eigenvalue weighted by Crippen LogP contribution is -2.38. The Bertz CT molecular complexity index is 911. The summed E-state index contributed by atoms with van der Waals surface area (Å²) in [5.41, 5.74) is 5.84. The molecule has 5 heteroatoms. The van der Waals surface area contributed by atoms with Gasteiger partial charge >= 0.3 is 0 Å². The standard InChI is InChI=1S/C20H24N4O/c1-4-8-18-15(5-1)19-20(22-17-7-3-2-6-16(17)21-19)24(18)10-9-23-11-13-25-14-12-23/h1,4-5,8H,2-3,6-7,9-14H2. The highest BCUT2D eigenvalue weighted by molar-refractivity contribution is 6.04. The first kappa shape index (κ1) is 15.3. The first-order chi connectivity index (χ1) is 12.4. The molecule has 0 saturated carbocycles. The van der Waals surface area contributed by atoms with Gasteiger partial charge in [0.25, 0.3) is 0 Å². The molecule has 0 radical (unpaired) electrons. The Morgan fingerprint density at radius 1 is 0.920 bits per heavy atom. The van der Waals surface area contributed by atoms with Crippen molar-refractivity contribution in [3.63, 3.8) is 0 Å². The Labute approximate surface area is 147 Å². The monoisotopic (exact) mass is 336 g/mol. The Hall–Kier alpha value is -1.98. The van der Waals surface area contributed by atoms with Crippen molar-refractivity contribution in [2.24, 2.45) is 0 Å². The molecular weight excluding hydrogens is 312 g/mol. The summed E-state index contributed by atoms with van der Waals surface area (Å²) in [7, 11) is 0. The highest BCUT2D eigenvalue weighted by Gasteiger charge is 2.19. The maximum absolute atomic E-state index is 5.47. The van der Waals surface area contributed by atoms with Crippen LogP contribution in [0.2, 0.25) is 0 Å². The molecule has 5 nitrogen and oxygen atoms in total. The van der Waals surface area contributed by atoms with Gasteiger partial charge < -0.3 is 9.30 Å². The minimum atomic E-state index is 0.848. The van der Waals surface area contributed by atoms with Crippen molar-refractivity contribution in [2.45, 2.75) is 32.2 Å². The molecule has 3 aromatic rings. The van der Waals surface area contributed by atoms with E-state index in [2.05, 4.69) is 33.7 Å². The van der Waals surface area contributed by atoms with Gasteiger partial charge in [-0.3, -0.25) is 4.90 Å². The molecule has 3 heterocycles. The summed E-state index contributed by atoms with van der Waals surface area (Å²) in [5.74, 6) is 0.